The van der Waals surface area contributed by atoms with Crippen LogP contribution in [0.25, 0.3) is 0 Å². The summed E-state index contributed by atoms with van der Waals surface area (Å²) in [7, 11) is -3.27. The molecule has 4 nitrogen and oxygen atoms in total. The van der Waals surface area contributed by atoms with Gasteiger partial charge in [0.15, 0.2) is 9.84 Å². The molecule has 21 heavy (non-hydrogen) atoms. The zero-order valence-electron chi connectivity index (χ0n) is 12.0. The first kappa shape index (κ1) is 14.6. The van der Waals surface area contributed by atoms with Crippen LogP contribution in [-0.2, 0) is 14.6 Å². The number of hydrogen-bond acceptors (Lipinski definition) is 3. The van der Waals surface area contributed by atoms with Crippen molar-refractivity contribution in [2.45, 2.75) is 49.3 Å². The first-order chi connectivity index (χ1) is 10.1. The summed E-state index contributed by atoms with van der Waals surface area (Å²) in [4.78, 5) is 12.0. The first-order valence-electron chi connectivity index (χ1n) is 7.62. The molecule has 0 heterocycles. The molecule has 2 aliphatic carbocycles. The molecule has 1 N–H and O–H groups in total. The summed E-state index contributed by atoms with van der Waals surface area (Å²) in [5.74, 6) is -0.356. The van der Waals surface area contributed by atoms with Crippen molar-refractivity contribution in [1.29, 1.82) is 0 Å². The van der Waals surface area contributed by atoms with Gasteiger partial charge in [-0.1, -0.05) is 43.2 Å². The van der Waals surface area contributed by atoms with Crippen molar-refractivity contribution in [2.75, 3.05) is 5.75 Å². The largest absolute Gasteiger partial charge is 0.352 e. The Balaban J connectivity index is 1.52. The topological polar surface area (TPSA) is 63.2 Å². The van der Waals surface area contributed by atoms with Gasteiger partial charge in [0.2, 0.25) is 5.91 Å². The molecule has 1 aromatic carbocycles. The van der Waals surface area contributed by atoms with Gasteiger partial charge in [-0.25, -0.2) is 8.42 Å². The fourth-order valence-electron chi connectivity index (χ4n) is 3.22. The lowest BCUT2D eigenvalue weighted by atomic mass is 10.1. The number of nitrogens with one attached hydrogen (secondary N) is 1. The maximum Gasteiger partial charge on any atom is 0.235 e. The van der Waals surface area contributed by atoms with Crippen LogP contribution in [0.4, 0.5) is 0 Å². The molecule has 0 aliphatic heterocycles. The van der Waals surface area contributed by atoms with Crippen molar-refractivity contribution in [3.05, 3.63) is 35.9 Å². The van der Waals surface area contributed by atoms with Gasteiger partial charge < -0.3 is 5.32 Å². The summed E-state index contributed by atoms with van der Waals surface area (Å²) in [5.41, 5.74) is 1.21. The van der Waals surface area contributed by atoms with E-state index in [9.17, 15) is 13.2 Å². The fraction of sp³-hybridized carbons (Fsp3) is 0.562. The van der Waals surface area contributed by atoms with Crippen molar-refractivity contribution in [3.63, 3.8) is 0 Å². The molecular formula is C16H21NO3S. The molecule has 2 saturated carbocycles. The van der Waals surface area contributed by atoms with Crippen LogP contribution in [0.15, 0.2) is 30.3 Å². The lowest BCUT2D eigenvalue weighted by molar-refractivity contribution is -0.118. The van der Waals surface area contributed by atoms with E-state index in [0.29, 0.717) is 18.8 Å². The maximum atomic E-state index is 12.1. The van der Waals surface area contributed by atoms with Crippen LogP contribution in [0.3, 0.4) is 0 Å². The summed E-state index contributed by atoms with van der Waals surface area (Å²) in [6, 6.07) is 10.1. The lowest BCUT2D eigenvalue weighted by Crippen LogP contribution is -2.35. The van der Waals surface area contributed by atoms with Gasteiger partial charge in [0.05, 0.1) is 5.25 Å². The number of rotatable bonds is 5. The van der Waals surface area contributed by atoms with E-state index in [4.69, 9.17) is 0 Å². The molecule has 3 rings (SSSR count). The average Bonchev–Trinajstić information content (AvgIpc) is 2.99. The lowest BCUT2D eigenvalue weighted by Gasteiger charge is -2.11. The van der Waals surface area contributed by atoms with Gasteiger partial charge in [0.25, 0.3) is 0 Å². The first-order valence-corrected chi connectivity index (χ1v) is 9.34. The van der Waals surface area contributed by atoms with Gasteiger partial charge >= 0.3 is 0 Å². The number of carbonyl (C=O) groups is 1. The standard InChI is InChI=1S/C16H21NO3S/c18-16(11-21(19,20)13-8-4-5-9-13)17-15-10-14(15)12-6-2-1-3-7-12/h1-3,6-7,13-15H,4-5,8-11H2,(H,17,18). The second-order valence-corrected chi connectivity index (χ2v) is 8.42. The third-order valence-electron chi connectivity index (χ3n) is 4.51. The normalized spacial score (nSPS) is 25.7. The minimum Gasteiger partial charge on any atom is -0.352 e. The molecule has 2 aliphatic rings. The molecule has 2 unspecified atom stereocenters. The Morgan fingerprint density at radius 1 is 1.14 bits per heavy atom. The molecule has 0 radical (unpaired) electrons. The molecule has 2 fully saturated rings. The minimum atomic E-state index is -3.27. The highest BCUT2D eigenvalue weighted by Crippen LogP contribution is 2.40. The molecule has 2 atom stereocenters. The summed E-state index contributed by atoms with van der Waals surface area (Å²) in [5, 5.41) is 2.57. The molecule has 5 heteroatoms. The van der Waals surface area contributed by atoms with Gasteiger partial charge in [-0.15, -0.1) is 0 Å². The van der Waals surface area contributed by atoms with Crippen molar-refractivity contribution in [3.8, 4) is 0 Å². The monoisotopic (exact) mass is 307 g/mol. The summed E-state index contributed by atoms with van der Waals surface area (Å²) >= 11 is 0. The van der Waals surface area contributed by atoms with Crippen LogP contribution in [0.5, 0.6) is 0 Å². The predicted molar refractivity (Wildman–Crippen MR) is 81.8 cm³/mol. The van der Waals surface area contributed by atoms with Crippen molar-refractivity contribution >= 4 is 15.7 Å². The Morgan fingerprint density at radius 3 is 2.48 bits per heavy atom. The molecule has 1 aromatic rings. The highest BCUT2D eigenvalue weighted by molar-refractivity contribution is 7.92. The Hall–Kier alpha value is -1.36. The minimum absolute atomic E-state index is 0.0960. The molecule has 0 saturated heterocycles. The molecule has 0 spiro atoms. The quantitative estimate of drug-likeness (QED) is 0.905. The third kappa shape index (κ3) is 3.46. The van der Waals surface area contributed by atoms with Crippen molar-refractivity contribution in [1.82, 2.24) is 5.32 Å². The molecule has 0 aromatic heterocycles. The summed E-state index contributed by atoms with van der Waals surface area (Å²) in [6.07, 6.45) is 4.25. The number of benzene rings is 1. The zero-order chi connectivity index (χ0) is 14.9. The Kier molecular flexibility index (Phi) is 4.02. The summed E-state index contributed by atoms with van der Waals surface area (Å²) in [6.45, 7) is 0. The van der Waals surface area contributed by atoms with E-state index in [1.807, 2.05) is 30.3 Å². The molecular weight excluding hydrogens is 286 g/mol. The van der Waals surface area contributed by atoms with Gasteiger partial charge in [-0.05, 0) is 24.8 Å². The van der Waals surface area contributed by atoms with Crippen molar-refractivity contribution in [2.24, 2.45) is 0 Å². The number of sulfone groups is 1. The van der Waals surface area contributed by atoms with Crippen molar-refractivity contribution < 1.29 is 13.2 Å². The number of hydrogen-bond donors (Lipinski definition) is 1. The maximum absolute atomic E-state index is 12.1. The van der Waals surface area contributed by atoms with Gasteiger partial charge in [0, 0.05) is 12.0 Å². The second kappa shape index (κ2) is 5.79. The zero-order valence-corrected chi connectivity index (χ0v) is 12.8. The second-order valence-electron chi connectivity index (χ2n) is 6.14. The van der Waals surface area contributed by atoms with E-state index in [0.717, 1.165) is 19.3 Å². The van der Waals surface area contributed by atoms with E-state index < -0.39 is 9.84 Å². The van der Waals surface area contributed by atoms with E-state index in [1.165, 1.54) is 5.56 Å². The van der Waals surface area contributed by atoms with E-state index in [1.54, 1.807) is 0 Å². The van der Waals surface area contributed by atoms with Crippen LogP contribution < -0.4 is 5.32 Å². The smallest absolute Gasteiger partial charge is 0.235 e. The predicted octanol–water partition coefficient (Wildman–Crippen LogP) is 2.02. The van der Waals surface area contributed by atoms with E-state index >= 15 is 0 Å². The van der Waals surface area contributed by atoms with Gasteiger partial charge in [0.1, 0.15) is 5.75 Å². The average molecular weight is 307 g/mol. The van der Waals surface area contributed by atoms with Crippen LogP contribution in [0.2, 0.25) is 0 Å². The SMILES string of the molecule is O=C(CS(=O)(=O)C1CCCC1)NC1CC1c1ccccc1. The third-order valence-corrected chi connectivity index (χ3v) is 6.66. The van der Waals surface area contributed by atoms with Gasteiger partial charge in [-0.2, -0.15) is 0 Å². The van der Waals surface area contributed by atoms with Gasteiger partial charge in [-0.3, -0.25) is 4.79 Å². The van der Waals surface area contributed by atoms with Crippen LogP contribution in [0.1, 0.15) is 43.6 Å². The summed E-state index contributed by atoms with van der Waals surface area (Å²) < 4.78 is 24.3. The number of amides is 1. The highest BCUT2D eigenvalue weighted by Gasteiger charge is 2.40. The van der Waals surface area contributed by atoms with E-state index in [-0.39, 0.29) is 23.0 Å². The molecule has 114 valence electrons. The molecule has 1 amide bonds. The fourth-order valence-corrected chi connectivity index (χ4v) is 4.96. The Bertz CT molecular complexity index is 606. The van der Waals surface area contributed by atoms with E-state index in [2.05, 4.69) is 5.32 Å². The van der Waals surface area contributed by atoms with Crippen LogP contribution in [-0.4, -0.2) is 31.4 Å². The molecule has 0 bridgehead atoms. The Morgan fingerprint density at radius 2 is 1.81 bits per heavy atom. The van der Waals surface area contributed by atoms with Crippen LogP contribution in [0, 0.1) is 0 Å². The van der Waals surface area contributed by atoms with Crippen LogP contribution >= 0.6 is 0 Å². The highest BCUT2D eigenvalue weighted by atomic mass is 32.2. The Labute approximate surface area is 125 Å². The number of carbonyl (C=O) groups excluding carboxylic acids is 1.